The summed E-state index contributed by atoms with van der Waals surface area (Å²) in [7, 11) is 0. The summed E-state index contributed by atoms with van der Waals surface area (Å²) < 4.78 is 16.8. The van der Waals surface area contributed by atoms with Gasteiger partial charge in [-0.05, 0) is 109 Å². The molecule has 0 aromatic carbocycles. The molecule has 0 amide bonds. The van der Waals surface area contributed by atoms with E-state index < -0.39 is 6.10 Å². The molecule has 374 valence electrons. The fourth-order valence-electron chi connectivity index (χ4n) is 7.46. The van der Waals surface area contributed by atoms with Crippen molar-refractivity contribution < 1.29 is 28.6 Å². The minimum absolute atomic E-state index is 0.0917. The maximum Gasteiger partial charge on any atom is 0.306 e. The summed E-state index contributed by atoms with van der Waals surface area (Å²) >= 11 is 0. The van der Waals surface area contributed by atoms with Crippen LogP contribution in [0.25, 0.3) is 0 Å². The Morgan fingerprint density at radius 1 is 0.308 bits per heavy atom. The van der Waals surface area contributed by atoms with Crippen molar-refractivity contribution in [3.05, 3.63) is 72.9 Å². The van der Waals surface area contributed by atoms with Gasteiger partial charge >= 0.3 is 17.9 Å². The normalized spacial score (nSPS) is 12.6. The highest BCUT2D eigenvalue weighted by Gasteiger charge is 2.19. The maximum atomic E-state index is 12.8. The van der Waals surface area contributed by atoms with Gasteiger partial charge in [-0.25, -0.2) is 0 Å². The molecule has 0 N–H and O–H groups in total. The molecule has 65 heavy (non-hydrogen) atoms. The molecular formula is C59H102O6. The zero-order valence-electron chi connectivity index (χ0n) is 42.7. The fourth-order valence-corrected chi connectivity index (χ4v) is 7.46. The molecule has 0 aliphatic rings. The summed E-state index contributed by atoms with van der Waals surface area (Å²) in [6.45, 7) is 6.54. The van der Waals surface area contributed by atoms with Crippen molar-refractivity contribution in [1.29, 1.82) is 0 Å². The SMILES string of the molecule is CCCC/C=C\CCCCCCCC(=O)OC[C@@H](COC(=O)CCCCC/C=C\C/C=C\C/C=C\C/C=C\CCCCC)OC(=O)CCCCCCCCC/C=C\CCCCCCCC. The first-order valence-electron chi connectivity index (χ1n) is 27.4. The predicted octanol–water partition coefficient (Wildman–Crippen LogP) is 18.2. The monoisotopic (exact) mass is 907 g/mol. The second-order valence-electron chi connectivity index (χ2n) is 18.1. The van der Waals surface area contributed by atoms with Gasteiger partial charge in [-0.3, -0.25) is 14.4 Å². The Hall–Kier alpha value is -3.15. The van der Waals surface area contributed by atoms with E-state index in [0.717, 1.165) is 89.9 Å². The highest BCUT2D eigenvalue weighted by atomic mass is 16.6. The molecule has 0 saturated heterocycles. The fraction of sp³-hybridized carbons (Fsp3) is 0.746. The summed E-state index contributed by atoms with van der Waals surface area (Å²) in [4.78, 5) is 38.0. The second kappa shape index (κ2) is 53.5. The number of unbranched alkanes of at least 4 members (excludes halogenated alkanes) is 26. The van der Waals surface area contributed by atoms with Crippen LogP contribution in [0.4, 0.5) is 0 Å². The van der Waals surface area contributed by atoms with E-state index >= 15 is 0 Å². The van der Waals surface area contributed by atoms with Gasteiger partial charge in [-0.2, -0.15) is 0 Å². The minimum Gasteiger partial charge on any atom is -0.462 e. The van der Waals surface area contributed by atoms with Gasteiger partial charge in [0.1, 0.15) is 13.2 Å². The molecule has 0 fully saturated rings. The predicted molar refractivity (Wildman–Crippen MR) is 279 cm³/mol. The lowest BCUT2D eigenvalue weighted by molar-refractivity contribution is -0.167. The Morgan fingerprint density at radius 3 is 0.969 bits per heavy atom. The van der Waals surface area contributed by atoms with Crippen LogP contribution in [0.3, 0.4) is 0 Å². The third kappa shape index (κ3) is 51.7. The third-order valence-electron chi connectivity index (χ3n) is 11.7. The highest BCUT2D eigenvalue weighted by Crippen LogP contribution is 2.14. The average molecular weight is 907 g/mol. The van der Waals surface area contributed by atoms with Crippen molar-refractivity contribution >= 4 is 17.9 Å². The zero-order valence-corrected chi connectivity index (χ0v) is 42.7. The summed E-state index contributed by atoms with van der Waals surface area (Å²) in [6.07, 6.45) is 67.4. The van der Waals surface area contributed by atoms with Crippen LogP contribution in [0.5, 0.6) is 0 Å². The van der Waals surface area contributed by atoms with E-state index in [4.69, 9.17) is 14.2 Å². The molecule has 0 saturated carbocycles. The molecular weight excluding hydrogens is 805 g/mol. The Morgan fingerprint density at radius 2 is 0.569 bits per heavy atom. The molecule has 6 nitrogen and oxygen atoms in total. The standard InChI is InChI=1S/C59H102O6/c1-4-7-10-13-16-19-22-24-26-28-29-31-32-34-37-40-43-46-49-52-58(61)64-55-56(54-63-57(60)51-48-45-42-39-36-21-18-15-12-9-6-3)65-59(62)53-50-47-44-41-38-35-33-30-27-25-23-20-17-14-11-8-5-2/h15-16,18-19,24-27,29,31,34,37,56H,4-14,17,20-23,28,30,32-33,35-36,38-55H2,1-3H3/b18-15-,19-16-,26-24-,27-25-,31-29-,37-34-/t56-/m0/s1. The van der Waals surface area contributed by atoms with Crippen LogP contribution in [-0.4, -0.2) is 37.2 Å². The molecule has 6 heteroatoms. The number of allylic oxidation sites excluding steroid dienone is 12. The van der Waals surface area contributed by atoms with E-state index in [-0.39, 0.29) is 31.1 Å². The van der Waals surface area contributed by atoms with Gasteiger partial charge in [0.15, 0.2) is 6.10 Å². The Bertz CT molecular complexity index is 1230. The molecule has 0 rings (SSSR count). The van der Waals surface area contributed by atoms with Crippen molar-refractivity contribution in [3.8, 4) is 0 Å². The van der Waals surface area contributed by atoms with Gasteiger partial charge in [-0.1, -0.05) is 209 Å². The molecule has 0 spiro atoms. The van der Waals surface area contributed by atoms with Crippen LogP contribution < -0.4 is 0 Å². The van der Waals surface area contributed by atoms with Gasteiger partial charge in [0.25, 0.3) is 0 Å². The van der Waals surface area contributed by atoms with Gasteiger partial charge in [0, 0.05) is 19.3 Å². The van der Waals surface area contributed by atoms with Crippen LogP contribution in [0.1, 0.15) is 265 Å². The molecule has 0 aromatic heterocycles. The molecule has 1 atom stereocenters. The zero-order chi connectivity index (χ0) is 47.2. The molecule has 0 bridgehead atoms. The van der Waals surface area contributed by atoms with Gasteiger partial charge in [-0.15, -0.1) is 0 Å². The summed E-state index contributed by atoms with van der Waals surface area (Å²) in [5.74, 6) is -0.933. The van der Waals surface area contributed by atoms with Crippen molar-refractivity contribution in [2.24, 2.45) is 0 Å². The molecule has 0 heterocycles. The summed E-state index contributed by atoms with van der Waals surface area (Å²) in [5, 5.41) is 0. The number of ether oxygens (including phenoxy) is 3. The number of carbonyl (C=O) groups excluding carboxylic acids is 3. The van der Waals surface area contributed by atoms with E-state index in [1.165, 1.54) is 135 Å². The van der Waals surface area contributed by atoms with Gasteiger partial charge in [0.2, 0.25) is 0 Å². The lowest BCUT2D eigenvalue weighted by Crippen LogP contribution is -2.30. The van der Waals surface area contributed by atoms with Crippen molar-refractivity contribution in [1.82, 2.24) is 0 Å². The van der Waals surface area contributed by atoms with E-state index in [1.54, 1.807) is 0 Å². The van der Waals surface area contributed by atoms with Crippen LogP contribution in [0.15, 0.2) is 72.9 Å². The Labute approximate surface area is 402 Å². The molecule has 0 aliphatic heterocycles. The largest absolute Gasteiger partial charge is 0.462 e. The van der Waals surface area contributed by atoms with Crippen LogP contribution in [0, 0.1) is 0 Å². The smallest absolute Gasteiger partial charge is 0.306 e. The number of esters is 3. The first-order chi connectivity index (χ1) is 32.0. The van der Waals surface area contributed by atoms with Gasteiger partial charge in [0.05, 0.1) is 0 Å². The van der Waals surface area contributed by atoms with E-state index in [9.17, 15) is 14.4 Å². The third-order valence-corrected chi connectivity index (χ3v) is 11.7. The Balaban J connectivity index is 4.42. The lowest BCUT2D eigenvalue weighted by Gasteiger charge is -2.18. The van der Waals surface area contributed by atoms with E-state index in [0.29, 0.717) is 19.3 Å². The quantitative estimate of drug-likeness (QED) is 0.0262. The number of carbonyl (C=O) groups is 3. The van der Waals surface area contributed by atoms with E-state index in [1.807, 2.05) is 0 Å². The minimum atomic E-state index is -0.793. The number of rotatable bonds is 49. The summed E-state index contributed by atoms with van der Waals surface area (Å²) in [6, 6.07) is 0. The topological polar surface area (TPSA) is 78.9 Å². The van der Waals surface area contributed by atoms with E-state index in [2.05, 4.69) is 93.7 Å². The first kappa shape index (κ1) is 61.9. The molecule has 0 aliphatic carbocycles. The average Bonchev–Trinajstić information content (AvgIpc) is 3.30. The Kier molecular flexibility index (Phi) is 50.9. The van der Waals surface area contributed by atoms with Crippen molar-refractivity contribution in [2.75, 3.05) is 13.2 Å². The lowest BCUT2D eigenvalue weighted by atomic mass is 10.1. The second-order valence-corrected chi connectivity index (χ2v) is 18.1. The summed E-state index contributed by atoms with van der Waals surface area (Å²) in [5.41, 5.74) is 0. The number of hydrogen-bond acceptors (Lipinski definition) is 6. The molecule has 0 unspecified atom stereocenters. The maximum absolute atomic E-state index is 12.8. The highest BCUT2D eigenvalue weighted by molar-refractivity contribution is 5.71. The number of hydrogen-bond donors (Lipinski definition) is 0. The van der Waals surface area contributed by atoms with Crippen LogP contribution in [0.2, 0.25) is 0 Å². The van der Waals surface area contributed by atoms with Crippen LogP contribution >= 0.6 is 0 Å². The van der Waals surface area contributed by atoms with Crippen molar-refractivity contribution in [3.63, 3.8) is 0 Å². The van der Waals surface area contributed by atoms with Crippen molar-refractivity contribution in [2.45, 2.75) is 271 Å². The molecule has 0 radical (unpaired) electrons. The molecule has 0 aromatic rings. The van der Waals surface area contributed by atoms with Crippen LogP contribution in [-0.2, 0) is 28.6 Å². The van der Waals surface area contributed by atoms with Gasteiger partial charge < -0.3 is 14.2 Å². The first-order valence-corrected chi connectivity index (χ1v) is 27.4.